The molecule has 16 nitrogen and oxygen atoms in total. The van der Waals surface area contributed by atoms with E-state index in [1.165, 1.54) is 30.9 Å². The minimum atomic E-state index is -1.16. The summed E-state index contributed by atoms with van der Waals surface area (Å²) < 4.78 is 15.9. The molecule has 0 aliphatic heterocycles. The zero-order valence-electron chi connectivity index (χ0n) is 41.5. The number of hydrogen-bond acceptors (Lipinski definition) is 10. The van der Waals surface area contributed by atoms with Crippen LogP contribution in [0, 0.1) is 17.3 Å². The number of nitrogens with one attached hydrogen (secondary N) is 4. The van der Waals surface area contributed by atoms with E-state index < -0.39 is 82.5 Å². The van der Waals surface area contributed by atoms with Crippen molar-refractivity contribution >= 4 is 47.5 Å². The van der Waals surface area contributed by atoms with Crippen LogP contribution in [0.5, 0.6) is 0 Å². The Labute approximate surface area is 385 Å². The van der Waals surface area contributed by atoms with Gasteiger partial charge in [-0.2, -0.15) is 0 Å². The van der Waals surface area contributed by atoms with Crippen LogP contribution in [-0.4, -0.2) is 109 Å². The van der Waals surface area contributed by atoms with Crippen molar-refractivity contribution in [2.75, 3.05) is 26.5 Å². The monoisotopic (exact) mass is 907 g/mol. The number of carbonyl (C=O) groups is 7. The van der Waals surface area contributed by atoms with Crippen LogP contribution in [0.15, 0.2) is 66.2 Å². The van der Waals surface area contributed by atoms with Gasteiger partial charge in [-0.15, -0.1) is 0 Å². The van der Waals surface area contributed by atoms with E-state index in [-0.39, 0.29) is 24.3 Å². The van der Waals surface area contributed by atoms with Crippen molar-refractivity contribution < 1.29 is 47.8 Å². The lowest BCUT2D eigenvalue weighted by atomic mass is 9.76. The lowest BCUT2D eigenvalue weighted by molar-refractivity contribution is -0.142. The van der Waals surface area contributed by atoms with E-state index in [1.54, 1.807) is 78.9 Å². The fraction of sp³-hybridized carbons (Fsp3) is 0.571. The molecular formula is C49H74N6O10. The van der Waals surface area contributed by atoms with Gasteiger partial charge in [-0.25, -0.2) is 14.4 Å². The third kappa shape index (κ3) is 16.2. The van der Waals surface area contributed by atoms with Gasteiger partial charge in [0.15, 0.2) is 0 Å². The summed E-state index contributed by atoms with van der Waals surface area (Å²) >= 11 is 0. The van der Waals surface area contributed by atoms with Gasteiger partial charge in [0, 0.05) is 30.8 Å². The van der Waals surface area contributed by atoms with Gasteiger partial charge in [-0.1, -0.05) is 111 Å². The molecule has 65 heavy (non-hydrogen) atoms. The maximum Gasteiger partial charge on any atom is 0.410 e. The summed E-state index contributed by atoms with van der Waals surface area (Å²) in [6.07, 6.45) is 0.145. The first-order chi connectivity index (χ1) is 29.9. The van der Waals surface area contributed by atoms with Crippen molar-refractivity contribution in [1.82, 2.24) is 25.8 Å². The van der Waals surface area contributed by atoms with Crippen LogP contribution in [-0.2, 0) is 50.2 Å². The predicted molar refractivity (Wildman–Crippen MR) is 250 cm³/mol. The van der Waals surface area contributed by atoms with Gasteiger partial charge in [0.25, 0.3) is 0 Å². The Kier molecular flexibility index (Phi) is 19.8. The van der Waals surface area contributed by atoms with Gasteiger partial charge in [-0.05, 0) is 75.1 Å². The fourth-order valence-electron chi connectivity index (χ4n) is 7.10. The normalized spacial score (nSPS) is 14.5. The number of amides is 6. The summed E-state index contributed by atoms with van der Waals surface area (Å²) in [4.78, 5) is 96.4. The van der Waals surface area contributed by atoms with Crippen LogP contribution >= 0.6 is 0 Å². The number of methoxy groups -OCH3 is 1. The number of alkyl carbamates (subject to hydrolysis) is 1. The summed E-state index contributed by atoms with van der Waals surface area (Å²) in [7, 11) is 4.40. The Morgan fingerprint density at radius 3 is 1.77 bits per heavy atom. The Morgan fingerprint density at radius 2 is 1.28 bits per heavy atom. The number of likely N-dealkylation sites (N-methyl/N-ethyl adjacent to an activating group) is 2. The molecule has 2 aromatic rings. The van der Waals surface area contributed by atoms with E-state index in [0.717, 1.165) is 5.56 Å². The van der Waals surface area contributed by atoms with Crippen molar-refractivity contribution in [1.29, 1.82) is 0 Å². The molecule has 5 atom stereocenters. The maximum atomic E-state index is 14.7. The lowest BCUT2D eigenvalue weighted by Crippen LogP contribution is -2.63. The number of anilines is 1. The predicted octanol–water partition coefficient (Wildman–Crippen LogP) is 6.73. The number of ether oxygens (including phenoxy) is 3. The molecule has 0 saturated carbocycles. The lowest BCUT2D eigenvalue weighted by Gasteiger charge is -2.42. The van der Waals surface area contributed by atoms with Crippen LogP contribution in [0.3, 0.4) is 0 Å². The van der Waals surface area contributed by atoms with Gasteiger partial charge in [0.1, 0.15) is 36.4 Å². The number of benzene rings is 2. The van der Waals surface area contributed by atoms with Crippen molar-refractivity contribution in [2.24, 2.45) is 17.3 Å². The standard InChI is InChI=1S/C49H74N6O10/c1-29(2)36(27-31(5)44(60)63-17)54(15)43(59)38(47(7,8)9)53-42(58)39(49(13,14)34-21-19-18-20-22-34)55(16)46(62)64-28-33-23-25-35(26-24-33)51-40(56)32(6)50-41(57)37(30(3)4)52-45(61)65-48(10,11)12/h18-27,29-30,32,36-39H,28H2,1-17H3,(H,50,57)(H,51,56)(H,52,61)(H,53,58)/b31-27+/t32-,36+,37?,38?,39+/m0/s1. The fourth-order valence-corrected chi connectivity index (χ4v) is 7.10. The topological polar surface area (TPSA) is 202 Å². The third-order valence-corrected chi connectivity index (χ3v) is 10.9. The second-order valence-electron chi connectivity index (χ2n) is 19.8. The zero-order chi connectivity index (χ0) is 49.8. The minimum absolute atomic E-state index is 0.0937. The number of nitrogens with zero attached hydrogens (tertiary/aromatic N) is 2. The highest BCUT2D eigenvalue weighted by Crippen LogP contribution is 2.32. The van der Waals surface area contributed by atoms with E-state index in [2.05, 4.69) is 21.3 Å². The molecule has 6 amide bonds. The summed E-state index contributed by atoms with van der Waals surface area (Å²) in [6, 6.07) is 11.2. The van der Waals surface area contributed by atoms with E-state index in [1.807, 2.05) is 78.8 Å². The average Bonchev–Trinajstić information content (AvgIpc) is 3.21. The molecule has 2 rings (SSSR count). The molecule has 0 saturated heterocycles. The van der Waals surface area contributed by atoms with E-state index >= 15 is 0 Å². The molecule has 0 fully saturated rings. The smallest absolute Gasteiger partial charge is 0.410 e. The SMILES string of the molecule is COC(=O)/C(C)=C/[C@H](C(C)C)N(C)C(=O)C(NC(=O)[C@@H](N(C)C(=O)OCc1ccc(NC(=O)[C@H](C)NC(=O)C(NC(=O)OC(C)(C)C)C(C)C)cc1)C(C)(C)c1ccccc1)C(C)(C)C. The van der Waals surface area contributed by atoms with Crippen molar-refractivity contribution in [3.8, 4) is 0 Å². The first-order valence-electron chi connectivity index (χ1n) is 21.9. The van der Waals surface area contributed by atoms with Gasteiger partial charge < -0.3 is 40.4 Å². The van der Waals surface area contributed by atoms with Gasteiger partial charge in [0.05, 0.1) is 13.2 Å². The first kappa shape index (κ1) is 55.2. The molecule has 0 heterocycles. The van der Waals surface area contributed by atoms with Crippen LogP contribution in [0.1, 0.15) is 108 Å². The van der Waals surface area contributed by atoms with Crippen molar-refractivity contribution in [2.45, 2.75) is 145 Å². The number of hydrogen-bond donors (Lipinski definition) is 4. The molecule has 0 aliphatic carbocycles. The molecule has 0 radical (unpaired) electrons. The quantitative estimate of drug-likeness (QED) is 0.0707. The van der Waals surface area contributed by atoms with Crippen molar-refractivity contribution in [3.63, 3.8) is 0 Å². The van der Waals surface area contributed by atoms with E-state index in [9.17, 15) is 33.6 Å². The second kappa shape index (κ2) is 23.3. The van der Waals surface area contributed by atoms with Crippen LogP contribution < -0.4 is 21.3 Å². The number of esters is 1. The molecule has 2 aromatic carbocycles. The summed E-state index contributed by atoms with van der Waals surface area (Å²) in [5.41, 5.74) is -0.413. The minimum Gasteiger partial charge on any atom is -0.466 e. The second-order valence-corrected chi connectivity index (χ2v) is 19.8. The molecular weight excluding hydrogens is 833 g/mol. The Hall–Kier alpha value is -5.93. The molecule has 16 heteroatoms. The van der Waals surface area contributed by atoms with Crippen molar-refractivity contribution in [3.05, 3.63) is 77.4 Å². The molecule has 2 unspecified atom stereocenters. The molecule has 0 bridgehead atoms. The third-order valence-electron chi connectivity index (χ3n) is 10.9. The molecule has 0 aromatic heterocycles. The highest BCUT2D eigenvalue weighted by Gasteiger charge is 2.45. The molecule has 360 valence electrons. The van der Waals surface area contributed by atoms with Gasteiger partial charge >= 0.3 is 18.2 Å². The Bertz CT molecular complexity index is 2000. The Morgan fingerprint density at radius 1 is 0.708 bits per heavy atom. The van der Waals surface area contributed by atoms with Crippen LogP contribution in [0.4, 0.5) is 15.3 Å². The zero-order valence-corrected chi connectivity index (χ0v) is 41.5. The van der Waals surface area contributed by atoms with Gasteiger partial charge in [0.2, 0.25) is 23.6 Å². The summed E-state index contributed by atoms with van der Waals surface area (Å²) in [5, 5.41) is 11.0. The van der Waals surface area contributed by atoms with Crippen LogP contribution in [0.2, 0.25) is 0 Å². The molecule has 0 spiro atoms. The van der Waals surface area contributed by atoms with Crippen LogP contribution in [0.25, 0.3) is 0 Å². The molecule has 0 aliphatic rings. The maximum absolute atomic E-state index is 14.7. The largest absolute Gasteiger partial charge is 0.466 e. The highest BCUT2D eigenvalue weighted by molar-refractivity contribution is 5.98. The summed E-state index contributed by atoms with van der Waals surface area (Å²) in [5.74, 6) is -2.91. The summed E-state index contributed by atoms with van der Waals surface area (Å²) in [6.45, 7) is 24.7. The highest BCUT2D eigenvalue weighted by atomic mass is 16.6. The average molecular weight is 907 g/mol. The molecule has 4 N–H and O–H groups in total. The van der Waals surface area contributed by atoms with E-state index in [4.69, 9.17) is 14.2 Å². The number of carbonyl (C=O) groups excluding carboxylic acids is 7. The first-order valence-corrected chi connectivity index (χ1v) is 21.9. The van der Waals surface area contributed by atoms with Gasteiger partial charge in [-0.3, -0.25) is 24.1 Å². The van der Waals surface area contributed by atoms with E-state index in [0.29, 0.717) is 16.8 Å². The Balaban J connectivity index is 2.29. The number of rotatable bonds is 18.